The number of aromatic nitrogens is 1. The molecule has 1 aromatic carbocycles. The van der Waals surface area contributed by atoms with E-state index in [9.17, 15) is 4.79 Å². The van der Waals surface area contributed by atoms with Crippen molar-refractivity contribution in [3.63, 3.8) is 0 Å². The van der Waals surface area contributed by atoms with Crippen LogP contribution in [0.5, 0.6) is 11.5 Å². The Balaban J connectivity index is 1.49. The summed E-state index contributed by atoms with van der Waals surface area (Å²) in [5, 5.41) is 0. The monoisotopic (exact) mass is 312 g/mol. The number of hydrogen-bond donors (Lipinski definition) is 0. The van der Waals surface area contributed by atoms with E-state index in [-0.39, 0.29) is 12.0 Å². The van der Waals surface area contributed by atoms with Gasteiger partial charge >= 0.3 is 0 Å². The maximum absolute atomic E-state index is 12.2. The molecular formula is C18H20N2O3. The van der Waals surface area contributed by atoms with E-state index >= 15 is 0 Å². The highest BCUT2D eigenvalue weighted by molar-refractivity contribution is 5.76. The minimum absolute atomic E-state index is 0.0938. The molecule has 3 rings (SSSR count). The second-order valence-electron chi connectivity index (χ2n) is 5.63. The van der Waals surface area contributed by atoms with Crippen molar-refractivity contribution in [3.8, 4) is 11.5 Å². The molecule has 0 N–H and O–H groups in total. The number of carbonyl (C=O) groups is 1. The summed E-state index contributed by atoms with van der Waals surface area (Å²) in [6, 6.07) is 11.5. The largest absolute Gasteiger partial charge is 0.486 e. The van der Waals surface area contributed by atoms with Gasteiger partial charge in [-0.05, 0) is 30.2 Å². The lowest BCUT2D eigenvalue weighted by Gasteiger charge is -2.29. The van der Waals surface area contributed by atoms with Gasteiger partial charge in [-0.1, -0.05) is 18.2 Å². The van der Waals surface area contributed by atoms with Gasteiger partial charge in [0.15, 0.2) is 17.6 Å². The molecule has 5 nitrogen and oxygen atoms in total. The van der Waals surface area contributed by atoms with Crippen molar-refractivity contribution >= 4 is 5.91 Å². The van der Waals surface area contributed by atoms with Crippen LogP contribution in [0.1, 0.15) is 12.0 Å². The van der Waals surface area contributed by atoms with E-state index in [1.165, 1.54) is 0 Å². The van der Waals surface area contributed by atoms with E-state index in [0.29, 0.717) is 26.0 Å². The van der Waals surface area contributed by atoms with Gasteiger partial charge in [0.2, 0.25) is 5.91 Å². The van der Waals surface area contributed by atoms with E-state index in [1.54, 1.807) is 24.3 Å². The Morgan fingerprint density at radius 2 is 2.09 bits per heavy atom. The van der Waals surface area contributed by atoms with Crippen LogP contribution in [-0.4, -0.2) is 42.1 Å². The molecule has 2 aromatic rings. The lowest BCUT2D eigenvalue weighted by atomic mass is 10.1. The molecule has 0 saturated heterocycles. The van der Waals surface area contributed by atoms with Crippen molar-refractivity contribution in [1.29, 1.82) is 0 Å². The molecule has 1 aliphatic heterocycles. The number of pyridine rings is 1. The molecule has 0 saturated carbocycles. The van der Waals surface area contributed by atoms with Gasteiger partial charge in [0.05, 0.1) is 6.54 Å². The van der Waals surface area contributed by atoms with Gasteiger partial charge in [-0.3, -0.25) is 9.78 Å². The molecular weight excluding hydrogens is 292 g/mol. The highest BCUT2D eigenvalue weighted by atomic mass is 16.6. The summed E-state index contributed by atoms with van der Waals surface area (Å²) >= 11 is 0. The minimum atomic E-state index is -0.141. The number of carbonyl (C=O) groups excluding carboxylic acids is 1. The lowest BCUT2D eigenvalue weighted by molar-refractivity contribution is -0.131. The topological polar surface area (TPSA) is 51.7 Å². The fourth-order valence-corrected chi connectivity index (χ4v) is 2.55. The fraction of sp³-hybridized carbons (Fsp3) is 0.333. The molecule has 5 heteroatoms. The average Bonchev–Trinajstić information content (AvgIpc) is 2.60. The van der Waals surface area contributed by atoms with E-state index in [4.69, 9.17) is 9.47 Å². The van der Waals surface area contributed by atoms with Crippen LogP contribution in [-0.2, 0) is 11.2 Å². The zero-order chi connectivity index (χ0) is 16.1. The van der Waals surface area contributed by atoms with E-state index in [2.05, 4.69) is 4.98 Å². The third kappa shape index (κ3) is 4.00. The first-order valence-corrected chi connectivity index (χ1v) is 7.74. The van der Waals surface area contributed by atoms with Gasteiger partial charge in [-0.15, -0.1) is 0 Å². The van der Waals surface area contributed by atoms with Crippen molar-refractivity contribution in [3.05, 3.63) is 54.4 Å². The Kier molecular flexibility index (Phi) is 4.76. The van der Waals surface area contributed by atoms with Crippen molar-refractivity contribution in [2.75, 3.05) is 20.2 Å². The third-order valence-corrected chi connectivity index (χ3v) is 3.82. The Hall–Kier alpha value is -2.56. The first-order valence-electron chi connectivity index (χ1n) is 7.74. The maximum atomic E-state index is 12.2. The minimum Gasteiger partial charge on any atom is -0.486 e. The number of nitrogens with zero attached hydrogens (tertiary/aromatic N) is 2. The van der Waals surface area contributed by atoms with Crippen LogP contribution in [0, 0.1) is 0 Å². The molecule has 0 spiro atoms. The second-order valence-corrected chi connectivity index (χ2v) is 5.63. The van der Waals surface area contributed by atoms with Crippen LogP contribution in [0.15, 0.2) is 48.8 Å². The molecule has 1 amide bonds. The van der Waals surface area contributed by atoms with E-state index in [1.807, 2.05) is 36.4 Å². The van der Waals surface area contributed by atoms with E-state index in [0.717, 1.165) is 17.1 Å². The summed E-state index contributed by atoms with van der Waals surface area (Å²) in [5.74, 6) is 1.59. The van der Waals surface area contributed by atoms with Crippen LogP contribution in [0.25, 0.3) is 0 Å². The predicted octanol–water partition coefficient (Wildman–Crippen LogP) is 2.31. The SMILES string of the molecule is CN(C[C@@H]1COc2ccccc2O1)C(=O)CCc1cccnc1. The Morgan fingerprint density at radius 3 is 2.87 bits per heavy atom. The first-order chi connectivity index (χ1) is 11.2. The summed E-state index contributed by atoms with van der Waals surface area (Å²) in [4.78, 5) is 18.0. The fourth-order valence-electron chi connectivity index (χ4n) is 2.55. The highest BCUT2D eigenvalue weighted by Gasteiger charge is 2.23. The van der Waals surface area contributed by atoms with Gasteiger partial charge in [0.1, 0.15) is 6.61 Å². The summed E-state index contributed by atoms with van der Waals surface area (Å²) in [6.07, 6.45) is 4.55. The van der Waals surface area contributed by atoms with Crippen LogP contribution in [0.2, 0.25) is 0 Å². The van der Waals surface area contributed by atoms with Gasteiger partial charge in [0.25, 0.3) is 0 Å². The molecule has 23 heavy (non-hydrogen) atoms. The molecule has 0 fully saturated rings. The maximum Gasteiger partial charge on any atom is 0.222 e. The molecule has 0 bridgehead atoms. The first kappa shape index (κ1) is 15.3. The van der Waals surface area contributed by atoms with Crippen LogP contribution < -0.4 is 9.47 Å². The number of amides is 1. The molecule has 1 atom stereocenters. The van der Waals surface area contributed by atoms with Gasteiger partial charge < -0.3 is 14.4 Å². The molecule has 0 unspecified atom stereocenters. The van der Waals surface area contributed by atoms with Gasteiger partial charge in [-0.25, -0.2) is 0 Å². The molecule has 1 aliphatic rings. The van der Waals surface area contributed by atoms with Crippen LogP contribution in [0.4, 0.5) is 0 Å². The van der Waals surface area contributed by atoms with E-state index < -0.39 is 0 Å². The van der Waals surface area contributed by atoms with Gasteiger partial charge in [0, 0.05) is 25.9 Å². The molecule has 1 aromatic heterocycles. The zero-order valence-electron chi connectivity index (χ0n) is 13.1. The number of aryl methyl sites for hydroxylation is 1. The second kappa shape index (κ2) is 7.13. The number of benzene rings is 1. The number of ether oxygens (including phenoxy) is 2. The molecule has 0 aliphatic carbocycles. The summed E-state index contributed by atoms with van der Waals surface area (Å²) in [5.41, 5.74) is 1.07. The smallest absolute Gasteiger partial charge is 0.222 e. The molecule has 2 heterocycles. The molecule has 120 valence electrons. The third-order valence-electron chi connectivity index (χ3n) is 3.82. The number of rotatable bonds is 5. The Morgan fingerprint density at radius 1 is 1.26 bits per heavy atom. The van der Waals surface area contributed by atoms with Crippen LogP contribution in [0.3, 0.4) is 0 Å². The zero-order valence-corrected chi connectivity index (χ0v) is 13.1. The normalized spacial score (nSPS) is 16.0. The lowest BCUT2D eigenvalue weighted by Crippen LogP contribution is -2.41. The van der Waals surface area contributed by atoms with Crippen molar-refractivity contribution in [2.45, 2.75) is 18.9 Å². The predicted molar refractivity (Wildman–Crippen MR) is 86.5 cm³/mol. The average molecular weight is 312 g/mol. The Labute approximate surface area is 135 Å². The van der Waals surface area contributed by atoms with Crippen molar-refractivity contribution in [2.24, 2.45) is 0 Å². The highest BCUT2D eigenvalue weighted by Crippen LogP contribution is 2.30. The van der Waals surface area contributed by atoms with Crippen molar-refractivity contribution < 1.29 is 14.3 Å². The summed E-state index contributed by atoms with van der Waals surface area (Å²) in [6.45, 7) is 0.970. The number of fused-ring (bicyclic) bond motifs is 1. The number of para-hydroxylation sites is 2. The quantitative estimate of drug-likeness (QED) is 0.850. The van der Waals surface area contributed by atoms with Crippen molar-refractivity contribution in [1.82, 2.24) is 9.88 Å². The number of hydrogen-bond acceptors (Lipinski definition) is 4. The van der Waals surface area contributed by atoms with Gasteiger partial charge in [-0.2, -0.15) is 0 Å². The molecule has 0 radical (unpaired) electrons. The standard InChI is InChI=1S/C18H20N2O3/c1-20(18(21)9-8-14-5-4-10-19-11-14)12-15-13-22-16-6-2-3-7-17(16)23-15/h2-7,10-11,15H,8-9,12-13H2,1H3/t15-/m1/s1. The number of likely N-dealkylation sites (N-methyl/N-ethyl adjacent to an activating group) is 1. The van der Waals surface area contributed by atoms with Crippen LogP contribution >= 0.6 is 0 Å². The summed E-state index contributed by atoms with van der Waals surface area (Å²) in [7, 11) is 1.80. The Bertz CT molecular complexity index is 660. The summed E-state index contributed by atoms with van der Waals surface area (Å²) < 4.78 is 11.6.